The molecule has 0 unspecified atom stereocenters. The molecule has 0 saturated carbocycles. The van der Waals surface area contributed by atoms with Crippen molar-refractivity contribution in [2.45, 2.75) is 0 Å². The van der Waals surface area contributed by atoms with Gasteiger partial charge >= 0.3 is 0 Å². The van der Waals surface area contributed by atoms with Gasteiger partial charge in [-0.3, -0.25) is 9.97 Å². The zero-order valence-electron chi connectivity index (χ0n) is 6.47. The van der Waals surface area contributed by atoms with E-state index in [0.29, 0.717) is 0 Å². The van der Waals surface area contributed by atoms with Crippen LogP contribution < -0.4 is 0 Å². The van der Waals surface area contributed by atoms with Crippen molar-refractivity contribution in [1.29, 1.82) is 0 Å². The number of nitrogens with zero attached hydrogens (tertiary/aromatic N) is 2. The number of carbonyl (C=O) groups excluding carboxylic acids is 1. The lowest BCUT2D eigenvalue weighted by Crippen LogP contribution is -1.78. The highest BCUT2D eigenvalue weighted by atomic mass is 16.1. The van der Waals surface area contributed by atoms with E-state index < -0.39 is 0 Å². The van der Waals surface area contributed by atoms with E-state index >= 15 is 0 Å². The molecular formula is C9H8N2O. The van der Waals surface area contributed by atoms with Crippen LogP contribution in [0.5, 0.6) is 0 Å². The van der Waals surface area contributed by atoms with Gasteiger partial charge in [0.15, 0.2) is 0 Å². The maximum atomic E-state index is 8.00. The maximum absolute atomic E-state index is 8.00. The second-order valence-electron chi connectivity index (χ2n) is 2.05. The average molecular weight is 160 g/mol. The summed E-state index contributed by atoms with van der Waals surface area (Å²) in [7, 11) is 0. The van der Waals surface area contributed by atoms with Gasteiger partial charge < -0.3 is 4.79 Å². The van der Waals surface area contributed by atoms with Crippen molar-refractivity contribution in [1.82, 2.24) is 9.97 Å². The Bertz CT molecular complexity index is 297. The molecule has 2 rings (SSSR count). The van der Waals surface area contributed by atoms with Crippen LogP contribution in [0.25, 0.3) is 11.0 Å². The smallest absolute Gasteiger partial charge is 0.106 e. The van der Waals surface area contributed by atoms with E-state index in [1.807, 2.05) is 31.1 Å². The minimum Gasteiger partial charge on any atom is -0.307 e. The first-order chi connectivity index (χ1) is 5.97. The molecule has 1 aromatic carbocycles. The predicted octanol–water partition coefficient (Wildman–Crippen LogP) is 1.44. The summed E-state index contributed by atoms with van der Waals surface area (Å²) < 4.78 is 0. The SMILES string of the molecule is C=O.c1ccc2nccnc2c1. The molecule has 1 aromatic heterocycles. The minimum absolute atomic E-state index is 0.949. The second-order valence-corrected chi connectivity index (χ2v) is 2.05. The number of hydrogen-bond donors (Lipinski definition) is 0. The molecule has 0 amide bonds. The molecule has 3 nitrogen and oxygen atoms in total. The van der Waals surface area contributed by atoms with Gasteiger partial charge in [0.25, 0.3) is 0 Å². The summed E-state index contributed by atoms with van der Waals surface area (Å²) in [6, 6.07) is 7.80. The predicted molar refractivity (Wildman–Crippen MR) is 46.7 cm³/mol. The molecule has 1 heterocycles. The maximum Gasteiger partial charge on any atom is 0.106 e. The Morgan fingerprint density at radius 1 is 0.917 bits per heavy atom. The third kappa shape index (κ3) is 1.63. The lowest BCUT2D eigenvalue weighted by molar-refractivity contribution is -0.0979. The average Bonchev–Trinajstić information content (AvgIpc) is 2.21. The highest BCUT2D eigenvalue weighted by Crippen LogP contribution is 2.04. The van der Waals surface area contributed by atoms with Crippen molar-refractivity contribution in [2.24, 2.45) is 0 Å². The molecule has 0 bridgehead atoms. The largest absolute Gasteiger partial charge is 0.307 e. The Morgan fingerprint density at radius 3 is 1.75 bits per heavy atom. The molecule has 0 fully saturated rings. The van der Waals surface area contributed by atoms with E-state index in [0.717, 1.165) is 11.0 Å². The van der Waals surface area contributed by atoms with Gasteiger partial charge in [-0.05, 0) is 12.1 Å². The Kier molecular flexibility index (Phi) is 2.90. The topological polar surface area (TPSA) is 42.9 Å². The summed E-state index contributed by atoms with van der Waals surface area (Å²) in [5.41, 5.74) is 1.90. The highest BCUT2D eigenvalue weighted by molar-refractivity contribution is 5.72. The lowest BCUT2D eigenvalue weighted by Gasteiger charge is -1.90. The van der Waals surface area contributed by atoms with Crippen LogP contribution in [0.1, 0.15) is 0 Å². The Labute approximate surface area is 70.1 Å². The van der Waals surface area contributed by atoms with Crippen molar-refractivity contribution in [3.8, 4) is 0 Å². The van der Waals surface area contributed by atoms with Crippen LogP contribution in [0.2, 0.25) is 0 Å². The molecular weight excluding hydrogens is 152 g/mol. The van der Waals surface area contributed by atoms with Crippen molar-refractivity contribution >= 4 is 17.8 Å². The van der Waals surface area contributed by atoms with Crippen molar-refractivity contribution in [3.63, 3.8) is 0 Å². The summed E-state index contributed by atoms with van der Waals surface area (Å²) in [6.45, 7) is 2.00. The number of para-hydroxylation sites is 2. The van der Waals surface area contributed by atoms with E-state index in [1.165, 1.54) is 0 Å². The molecule has 2 aromatic rings. The normalized spacial score (nSPS) is 8.67. The summed E-state index contributed by atoms with van der Waals surface area (Å²) in [5.74, 6) is 0. The van der Waals surface area contributed by atoms with Crippen molar-refractivity contribution < 1.29 is 4.79 Å². The van der Waals surface area contributed by atoms with Crippen LogP contribution in [0, 0.1) is 0 Å². The number of carbonyl (C=O) groups is 1. The van der Waals surface area contributed by atoms with E-state index in [9.17, 15) is 0 Å². The first-order valence-corrected chi connectivity index (χ1v) is 3.41. The third-order valence-electron chi connectivity index (χ3n) is 1.38. The van der Waals surface area contributed by atoms with Crippen LogP contribution in [0.4, 0.5) is 0 Å². The van der Waals surface area contributed by atoms with Gasteiger partial charge in [-0.1, -0.05) is 12.1 Å². The quantitative estimate of drug-likeness (QED) is 0.585. The van der Waals surface area contributed by atoms with Crippen LogP contribution >= 0.6 is 0 Å². The summed E-state index contributed by atoms with van der Waals surface area (Å²) >= 11 is 0. The minimum atomic E-state index is 0.949. The highest BCUT2D eigenvalue weighted by Gasteiger charge is 1.88. The monoisotopic (exact) mass is 160 g/mol. The number of rotatable bonds is 0. The van der Waals surface area contributed by atoms with Crippen LogP contribution in [-0.2, 0) is 4.79 Å². The van der Waals surface area contributed by atoms with Crippen LogP contribution in [-0.4, -0.2) is 16.8 Å². The molecule has 0 spiro atoms. The Hall–Kier alpha value is -1.77. The Balaban J connectivity index is 0.000000336. The molecule has 60 valence electrons. The van der Waals surface area contributed by atoms with Gasteiger partial charge in [0.2, 0.25) is 0 Å². The van der Waals surface area contributed by atoms with Gasteiger partial charge in [0, 0.05) is 12.4 Å². The molecule has 0 aliphatic heterocycles. The Morgan fingerprint density at radius 2 is 1.33 bits per heavy atom. The molecule has 0 N–H and O–H groups in total. The van der Waals surface area contributed by atoms with Crippen molar-refractivity contribution in [3.05, 3.63) is 36.7 Å². The molecule has 0 radical (unpaired) electrons. The van der Waals surface area contributed by atoms with E-state index in [4.69, 9.17) is 4.79 Å². The molecule has 12 heavy (non-hydrogen) atoms. The fourth-order valence-electron chi connectivity index (χ4n) is 0.910. The summed E-state index contributed by atoms with van der Waals surface area (Å²) in [5, 5.41) is 0. The molecule has 0 atom stereocenters. The zero-order valence-corrected chi connectivity index (χ0v) is 6.47. The second kappa shape index (κ2) is 4.18. The van der Waals surface area contributed by atoms with Crippen LogP contribution in [0.15, 0.2) is 36.7 Å². The molecule has 0 aliphatic rings. The summed E-state index contributed by atoms with van der Waals surface area (Å²) in [4.78, 5) is 16.2. The van der Waals surface area contributed by atoms with E-state index in [-0.39, 0.29) is 0 Å². The molecule has 0 saturated heterocycles. The number of benzene rings is 1. The third-order valence-corrected chi connectivity index (χ3v) is 1.38. The fourth-order valence-corrected chi connectivity index (χ4v) is 0.910. The van der Waals surface area contributed by atoms with Crippen molar-refractivity contribution in [2.75, 3.05) is 0 Å². The van der Waals surface area contributed by atoms with Gasteiger partial charge in [-0.2, -0.15) is 0 Å². The molecule has 3 heteroatoms. The number of hydrogen-bond acceptors (Lipinski definition) is 3. The first-order valence-electron chi connectivity index (χ1n) is 3.41. The van der Waals surface area contributed by atoms with Gasteiger partial charge in [-0.25, -0.2) is 0 Å². The van der Waals surface area contributed by atoms with Crippen LogP contribution in [0.3, 0.4) is 0 Å². The number of aromatic nitrogens is 2. The van der Waals surface area contributed by atoms with Gasteiger partial charge in [-0.15, -0.1) is 0 Å². The number of fused-ring (bicyclic) bond motifs is 1. The summed E-state index contributed by atoms with van der Waals surface area (Å²) in [6.07, 6.45) is 3.39. The zero-order chi connectivity index (χ0) is 8.81. The van der Waals surface area contributed by atoms with Gasteiger partial charge in [0.1, 0.15) is 6.79 Å². The lowest BCUT2D eigenvalue weighted by atomic mass is 10.3. The first kappa shape index (κ1) is 8.33. The fraction of sp³-hybridized carbons (Fsp3) is 0. The van der Waals surface area contributed by atoms with E-state index in [1.54, 1.807) is 12.4 Å². The van der Waals surface area contributed by atoms with Gasteiger partial charge in [0.05, 0.1) is 11.0 Å². The van der Waals surface area contributed by atoms with E-state index in [2.05, 4.69) is 9.97 Å². The standard InChI is InChI=1S/C8H6N2.CH2O/c1-2-4-8-7(3-1)9-5-6-10-8;1-2/h1-6H;1H2. The molecule has 0 aliphatic carbocycles.